The normalized spacial score (nSPS) is 16.4. The number of halogens is 1. The van der Waals surface area contributed by atoms with Crippen molar-refractivity contribution in [3.05, 3.63) is 48.4 Å². The topological polar surface area (TPSA) is 74.8 Å². The van der Waals surface area contributed by atoms with Crippen LogP contribution in [-0.2, 0) is 9.59 Å². The van der Waals surface area contributed by atoms with E-state index in [0.29, 0.717) is 43.4 Å². The highest BCUT2D eigenvalue weighted by Crippen LogP contribution is 2.30. The smallest absolute Gasteiger partial charge is 0.260 e. The molecule has 2 heterocycles. The Kier molecular flexibility index (Phi) is 5.59. The van der Waals surface area contributed by atoms with Gasteiger partial charge in [0.15, 0.2) is 6.61 Å². The van der Waals surface area contributed by atoms with Crippen molar-refractivity contribution >= 4 is 23.2 Å². The number of anilines is 2. The fraction of sp³-hybridized carbons (Fsp3) is 0.381. The third-order valence-corrected chi connectivity index (χ3v) is 5.12. The van der Waals surface area contributed by atoms with Gasteiger partial charge in [0.25, 0.3) is 5.91 Å². The minimum Gasteiger partial charge on any atom is -0.468 e. The molecule has 0 radical (unpaired) electrons. The highest BCUT2D eigenvalue weighted by molar-refractivity contribution is 5.93. The van der Waals surface area contributed by atoms with Gasteiger partial charge in [0.05, 0.1) is 17.6 Å². The Morgan fingerprint density at radius 1 is 1.10 bits per heavy atom. The Balaban J connectivity index is 1.23. The summed E-state index contributed by atoms with van der Waals surface area (Å²) >= 11 is 0. The Morgan fingerprint density at radius 3 is 2.52 bits per heavy atom. The lowest BCUT2D eigenvalue weighted by Gasteiger charge is -2.36. The molecule has 0 atom stereocenters. The predicted molar refractivity (Wildman–Crippen MR) is 106 cm³/mol. The number of piperazine rings is 1. The number of ether oxygens (including phenoxy) is 1. The lowest BCUT2D eigenvalue weighted by molar-refractivity contribution is -0.133. The first-order chi connectivity index (χ1) is 14.1. The van der Waals surface area contributed by atoms with Crippen LogP contribution in [-0.4, -0.2) is 54.5 Å². The second-order valence-electron chi connectivity index (χ2n) is 7.26. The van der Waals surface area contributed by atoms with Gasteiger partial charge in [-0.25, -0.2) is 9.37 Å². The van der Waals surface area contributed by atoms with Crippen LogP contribution in [0.5, 0.6) is 5.88 Å². The Bertz CT molecular complexity index is 878. The minimum absolute atomic E-state index is 0.0187. The van der Waals surface area contributed by atoms with Crippen LogP contribution in [0.25, 0.3) is 0 Å². The van der Waals surface area contributed by atoms with Gasteiger partial charge in [0.1, 0.15) is 5.82 Å². The van der Waals surface area contributed by atoms with Gasteiger partial charge in [-0.3, -0.25) is 9.59 Å². The number of rotatable bonds is 6. The van der Waals surface area contributed by atoms with Gasteiger partial charge in [-0.05, 0) is 31.0 Å². The second-order valence-corrected chi connectivity index (χ2v) is 7.26. The molecule has 8 heteroatoms. The molecule has 1 N–H and O–H groups in total. The number of benzene rings is 1. The molecule has 1 saturated carbocycles. The summed E-state index contributed by atoms with van der Waals surface area (Å²) in [6, 6.07) is 10.00. The number of pyridine rings is 1. The molecular weight excluding hydrogens is 375 g/mol. The zero-order chi connectivity index (χ0) is 20.2. The molecular formula is C21H23FN4O3. The van der Waals surface area contributed by atoms with Crippen molar-refractivity contribution in [3.63, 3.8) is 0 Å². The molecule has 1 aliphatic carbocycles. The minimum atomic E-state index is -0.251. The van der Waals surface area contributed by atoms with E-state index in [9.17, 15) is 14.0 Å². The summed E-state index contributed by atoms with van der Waals surface area (Å²) in [5.41, 5.74) is 1.18. The highest BCUT2D eigenvalue weighted by atomic mass is 19.1. The average Bonchev–Trinajstić information content (AvgIpc) is 3.59. The number of aromatic nitrogens is 1. The van der Waals surface area contributed by atoms with E-state index in [0.717, 1.165) is 12.8 Å². The van der Waals surface area contributed by atoms with Crippen molar-refractivity contribution in [3.8, 4) is 5.88 Å². The van der Waals surface area contributed by atoms with Crippen molar-refractivity contribution in [2.24, 2.45) is 5.92 Å². The molecule has 4 rings (SSSR count). The number of carbonyl (C=O) groups is 2. The van der Waals surface area contributed by atoms with Crippen LogP contribution in [0.1, 0.15) is 12.8 Å². The molecule has 2 aromatic rings. The molecule has 2 amide bonds. The van der Waals surface area contributed by atoms with Crippen molar-refractivity contribution in [2.75, 3.05) is 43.0 Å². The maximum Gasteiger partial charge on any atom is 0.260 e. The highest BCUT2D eigenvalue weighted by Gasteiger charge is 2.29. The molecule has 152 valence electrons. The molecule has 0 bridgehead atoms. The van der Waals surface area contributed by atoms with E-state index in [1.54, 1.807) is 35.2 Å². The molecule has 1 aromatic carbocycles. The van der Waals surface area contributed by atoms with Gasteiger partial charge < -0.3 is 19.9 Å². The fourth-order valence-corrected chi connectivity index (χ4v) is 3.26. The number of nitrogens with one attached hydrogen (secondary N) is 1. The van der Waals surface area contributed by atoms with Crippen LogP contribution in [0.3, 0.4) is 0 Å². The summed E-state index contributed by atoms with van der Waals surface area (Å²) in [4.78, 5) is 31.9. The molecule has 2 fully saturated rings. The van der Waals surface area contributed by atoms with Crippen molar-refractivity contribution in [2.45, 2.75) is 12.8 Å². The first kappa shape index (κ1) is 19.2. The lowest BCUT2D eigenvalue weighted by Crippen LogP contribution is -2.50. The molecule has 1 aromatic heterocycles. The number of carbonyl (C=O) groups excluding carboxylic acids is 2. The number of hydrogen-bond acceptors (Lipinski definition) is 5. The predicted octanol–water partition coefficient (Wildman–Crippen LogP) is 2.30. The quantitative estimate of drug-likeness (QED) is 0.808. The van der Waals surface area contributed by atoms with E-state index in [1.165, 1.54) is 12.3 Å². The maximum absolute atomic E-state index is 13.9. The van der Waals surface area contributed by atoms with Gasteiger partial charge in [0, 0.05) is 38.2 Å². The third-order valence-electron chi connectivity index (χ3n) is 5.12. The van der Waals surface area contributed by atoms with Crippen molar-refractivity contribution in [1.82, 2.24) is 9.88 Å². The van der Waals surface area contributed by atoms with Crippen LogP contribution in [0, 0.1) is 11.7 Å². The number of hydrogen-bond donors (Lipinski definition) is 1. The first-order valence-electron chi connectivity index (χ1n) is 9.77. The van der Waals surface area contributed by atoms with E-state index in [-0.39, 0.29) is 30.2 Å². The zero-order valence-corrected chi connectivity index (χ0v) is 16.0. The summed E-state index contributed by atoms with van der Waals surface area (Å²) in [5.74, 6) is 0.0879. The molecule has 2 aliphatic rings. The fourth-order valence-electron chi connectivity index (χ4n) is 3.26. The third kappa shape index (κ3) is 4.82. The summed E-state index contributed by atoms with van der Waals surface area (Å²) in [6.07, 6.45) is 3.40. The maximum atomic E-state index is 13.9. The summed E-state index contributed by atoms with van der Waals surface area (Å²) in [5, 5.41) is 2.81. The molecule has 29 heavy (non-hydrogen) atoms. The van der Waals surface area contributed by atoms with Gasteiger partial charge in [0.2, 0.25) is 11.8 Å². The Morgan fingerprint density at radius 2 is 1.86 bits per heavy atom. The van der Waals surface area contributed by atoms with Gasteiger partial charge in [-0.15, -0.1) is 0 Å². The van der Waals surface area contributed by atoms with E-state index in [2.05, 4.69) is 10.3 Å². The molecule has 0 spiro atoms. The second kappa shape index (κ2) is 8.46. The SMILES string of the molecule is O=C(Nc1ccc(OCC(=O)N2CCN(c3ccccc3F)CC2)nc1)C1CC1. The Labute approximate surface area is 168 Å². The molecule has 1 saturated heterocycles. The van der Waals surface area contributed by atoms with Gasteiger partial charge in [-0.1, -0.05) is 12.1 Å². The lowest BCUT2D eigenvalue weighted by atomic mass is 10.2. The van der Waals surface area contributed by atoms with E-state index in [1.807, 2.05) is 4.90 Å². The van der Waals surface area contributed by atoms with E-state index in [4.69, 9.17) is 4.74 Å². The summed E-state index contributed by atoms with van der Waals surface area (Å²) in [6.45, 7) is 2.05. The van der Waals surface area contributed by atoms with Crippen LogP contribution in [0.4, 0.5) is 15.8 Å². The number of para-hydroxylation sites is 1. The Hall–Kier alpha value is -3.16. The summed E-state index contributed by atoms with van der Waals surface area (Å²) in [7, 11) is 0. The van der Waals surface area contributed by atoms with Crippen molar-refractivity contribution in [1.29, 1.82) is 0 Å². The van der Waals surface area contributed by atoms with Gasteiger partial charge in [-0.2, -0.15) is 0 Å². The largest absolute Gasteiger partial charge is 0.468 e. The molecule has 1 aliphatic heterocycles. The van der Waals surface area contributed by atoms with Crippen molar-refractivity contribution < 1.29 is 18.7 Å². The standard InChI is InChI=1S/C21H23FN4O3/c22-17-3-1-2-4-18(17)25-9-11-26(12-10-25)20(27)14-29-19-8-7-16(13-23-19)24-21(28)15-5-6-15/h1-4,7-8,13,15H,5-6,9-12,14H2,(H,24,28). The monoisotopic (exact) mass is 398 g/mol. The molecule has 0 unspecified atom stereocenters. The van der Waals surface area contributed by atoms with Crippen LogP contribution < -0.4 is 15.0 Å². The molecule has 7 nitrogen and oxygen atoms in total. The van der Waals surface area contributed by atoms with E-state index >= 15 is 0 Å². The van der Waals surface area contributed by atoms with E-state index < -0.39 is 0 Å². The van der Waals surface area contributed by atoms with Crippen LogP contribution in [0.2, 0.25) is 0 Å². The van der Waals surface area contributed by atoms with Crippen LogP contribution >= 0.6 is 0 Å². The first-order valence-corrected chi connectivity index (χ1v) is 9.77. The zero-order valence-electron chi connectivity index (χ0n) is 16.0. The van der Waals surface area contributed by atoms with Crippen LogP contribution in [0.15, 0.2) is 42.6 Å². The van der Waals surface area contributed by atoms with Gasteiger partial charge >= 0.3 is 0 Å². The average molecular weight is 398 g/mol. The number of nitrogens with zero attached hydrogens (tertiary/aromatic N) is 3. The number of amides is 2. The summed E-state index contributed by atoms with van der Waals surface area (Å²) < 4.78 is 19.4.